The molecule has 0 aliphatic heterocycles. The van der Waals surface area contributed by atoms with E-state index in [9.17, 15) is 0 Å². The summed E-state index contributed by atoms with van der Waals surface area (Å²) in [6, 6.07) is 13.0. The van der Waals surface area contributed by atoms with Gasteiger partial charge in [0.25, 0.3) is 0 Å². The van der Waals surface area contributed by atoms with Crippen molar-refractivity contribution in [2.75, 3.05) is 10.6 Å². The Hall–Kier alpha value is -2.37. The molecule has 0 fully saturated rings. The van der Waals surface area contributed by atoms with Gasteiger partial charge < -0.3 is 10.6 Å². The van der Waals surface area contributed by atoms with Crippen molar-refractivity contribution in [3.05, 3.63) is 64.3 Å². The SMILES string of the molecule is Cc1c(Cl)cccc1Nc1cnnc(Nc2ccccc2Cl)n1. The zero-order valence-corrected chi connectivity index (χ0v) is 13.7. The predicted molar refractivity (Wildman–Crippen MR) is 94.0 cm³/mol. The number of para-hydroxylation sites is 1. The number of rotatable bonds is 4. The zero-order chi connectivity index (χ0) is 16.2. The zero-order valence-electron chi connectivity index (χ0n) is 12.2. The van der Waals surface area contributed by atoms with Gasteiger partial charge in [0.2, 0.25) is 5.95 Å². The number of aromatic nitrogens is 3. The van der Waals surface area contributed by atoms with Crippen LogP contribution in [0.5, 0.6) is 0 Å². The fourth-order valence-corrected chi connectivity index (χ4v) is 2.34. The third-order valence-corrected chi connectivity index (χ3v) is 3.95. The maximum Gasteiger partial charge on any atom is 0.249 e. The molecular formula is C16H13Cl2N5. The van der Waals surface area contributed by atoms with Crippen molar-refractivity contribution in [1.29, 1.82) is 0 Å². The average Bonchev–Trinajstić information content (AvgIpc) is 2.55. The second-order valence-corrected chi connectivity index (χ2v) is 5.62. The van der Waals surface area contributed by atoms with Crippen molar-refractivity contribution in [3.63, 3.8) is 0 Å². The first-order valence-electron chi connectivity index (χ1n) is 6.87. The Morgan fingerprint density at radius 2 is 1.61 bits per heavy atom. The average molecular weight is 346 g/mol. The van der Waals surface area contributed by atoms with Crippen molar-refractivity contribution in [1.82, 2.24) is 15.2 Å². The van der Waals surface area contributed by atoms with E-state index in [1.165, 1.54) is 6.20 Å². The van der Waals surface area contributed by atoms with Crippen LogP contribution in [0.1, 0.15) is 5.56 Å². The van der Waals surface area contributed by atoms with Gasteiger partial charge >= 0.3 is 0 Å². The molecule has 0 unspecified atom stereocenters. The van der Waals surface area contributed by atoms with E-state index in [4.69, 9.17) is 23.2 Å². The molecule has 0 spiro atoms. The second kappa shape index (κ2) is 6.81. The second-order valence-electron chi connectivity index (χ2n) is 4.81. The number of benzene rings is 2. The molecule has 5 nitrogen and oxygen atoms in total. The first-order valence-corrected chi connectivity index (χ1v) is 7.62. The number of anilines is 4. The van der Waals surface area contributed by atoms with Crippen LogP contribution in [-0.2, 0) is 0 Å². The molecule has 0 radical (unpaired) electrons. The van der Waals surface area contributed by atoms with Gasteiger partial charge in [0.1, 0.15) is 0 Å². The minimum absolute atomic E-state index is 0.350. The van der Waals surface area contributed by atoms with Crippen LogP contribution in [0.15, 0.2) is 48.7 Å². The fraction of sp³-hybridized carbons (Fsp3) is 0.0625. The lowest BCUT2D eigenvalue weighted by Crippen LogP contribution is -2.03. The topological polar surface area (TPSA) is 62.7 Å². The van der Waals surface area contributed by atoms with E-state index in [0.717, 1.165) is 11.3 Å². The van der Waals surface area contributed by atoms with Crippen molar-refractivity contribution < 1.29 is 0 Å². The van der Waals surface area contributed by atoms with Gasteiger partial charge in [-0.1, -0.05) is 41.4 Å². The van der Waals surface area contributed by atoms with E-state index in [0.29, 0.717) is 27.5 Å². The third-order valence-electron chi connectivity index (χ3n) is 3.21. The van der Waals surface area contributed by atoms with Crippen molar-refractivity contribution in [3.8, 4) is 0 Å². The smallest absolute Gasteiger partial charge is 0.249 e. The highest BCUT2D eigenvalue weighted by Gasteiger charge is 2.06. The summed E-state index contributed by atoms with van der Waals surface area (Å²) in [5.74, 6) is 0.905. The van der Waals surface area contributed by atoms with E-state index in [-0.39, 0.29) is 0 Å². The van der Waals surface area contributed by atoms with Gasteiger partial charge in [-0.2, -0.15) is 10.1 Å². The molecule has 1 aromatic heterocycles. The van der Waals surface area contributed by atoms with Gasteiger partial charge in [-0.25, -0.2) is 0 Å². The molecule has 2 N–H and O–H groups in total. The largest absolute Gasteiger partial charge is 0.339 e. The molecule has 0 bridgehead atoms. The highest BCUT2D eigenvalue weighted by Crippen LogP contribution is 2.26. The van der Waals surface area contributed by atoms with Crippen LogP contribution in [0, 0.1) is 6.92 Å². The third kappa shape index (κ3) is 3.70. The van der Waals surface area contributed by atoms with Crippen molar-refractivity contribution in [2.45, 2.75) is 6.92 Å². The Morgan fingerprint density at radius 3 is 2.43 bits per heavy atom. The summed E-state index contributed by atoms with van der Waals surface area (Å²) in [5, 5.41) is 15.4. The molecule has 0 aliphatic carbocycles. The molecule has 0 aliphatic rings. The van der Waals surface area contributed by atoms with Crippen LogP contribution in [-0.4, -0.2) is 15.2 Å². The molecule has 2 aromatic carbocycles. The number of nitrogens with zero attached hydrogens (tertiary/aromatic N) is 3. The van der Waals surface area contributed by atoms with Crippen LogP contribution in [0.2, 0.25) is 10.0 Å². The summed E-state index contributed by atoms with van der Waals surface area (Å²) in [7, 11) is 0. The molecule has 0 saturated carbocycles. The summed E-state index contributed by atoms with van der Waals surface area (Å²) in [5.41, 5.74) is 2.52. The van der Waals surface area contributed by atoms with Crippen LogP contribution in [0.4, 0.5) is 23.1 Å². The normalized spacial score (nSPS) is 10.4. The molecule has 7 heteroatoms. The van der Waals surface area contributed by atoms with E-state index >= 15 is 0 Å². The Labute approximate surface area is 143 Å². The lowest BCUT2D eigenvalue weighted by atomic mass is 10.2. The minimum Gasteiger partial charge on any atom is -0.339 e. The summed E-state index contributed by atoms with van der Waals surface area (Å²) in [4.78, 5) is 4.38. The Kier molecular flexibility index (Phi) is 4.60. The molecule has 1 heterocycles. The van der Waals surface area contributed by atoms with Crippen molar-refractivity contribution in [2.24, 2.45) is 0 Å². The molecule has 116 valence electrons. The van der Waals surface area contributed by atoms with Crippen LogP contribution >= 0.6 is 23.2 Å². The van der Waals surface area contributed by atoms with Gasteiger partial charge in [0.15, 0.2) is 5.82 Å². The number of nitrogens with one attached hydrogen (secondary N) is 2. The number of halogens is 2. The van der Waals surface area contributed by atoms with Crippen LogP contribution < -0.4 is 10.6 Å². The molecule has 0 atom stereocenters. The van der Waals surface area contributed by atoms with E-state index in [1.54, 1.807) is 6.07 Å². The van der Waals surface area contributed by atoms with Gasteiger partial charge in [-0.05, 0) is 36.8 Å². The Bertz CT molecular complexity index is 838. The van der Waals surface area contributed by atoms with Gasteiger partial charge in [0.05, 0.1) is 16.9 Å². The highest BCUT2D eigenvalue weighted by molar-refractivity contribution is 6.33. The standard InChI is InChI=1S/C16H13Cl2N5/c1-10-11(17)6-4-8-13(10)20-15-9-19-23-16(22-15)21-14-7-3-2-5-12(14)18/h2-9H,1H3,(H2,20,21,22,23). The molecule has 0 amide bonds. The van der Waals surface area contributed by atoms with Gasteiger partial charge in [0, 0.05) is 10.7 Å². The highest BCUT2D eigenvalue weighted by atomic mass is 35.5. The maximum atomic E-state index is 6.12. The molecule has 3 rings (SSSR count). The minimum atomic E-state index is 0.350. The number of hydrogen-bond donors (Lipinski definition) is 2. The summed E-state index contributed by atoms with van der Waals surface area (Å²) in [6.45, 7) is 1.93. The Balaban J connectivity index is 1.83. The molecule has 0 saturated heterocycles. The predicted octanol–water partition coefficient (Wildman–Crippen LogP) is 4.97. The maximum absolute atomic E-state index is 6.12. The first-order chi connectivity index (χ1) is 11.1. The first kappa shape index (κ1) is 15.5. The monoisotopic (exact) mass is 345 g/mol. The van der Waals surface area contributed by atoms with Crippen molar-refractivity contribution >= 4 is 46.3 Å². The van der Waals surface area contributed by atoms with Gasteiger partial charge in [-0.3, -0.25) is 0 Å². The van der Waals surface area contributed by atoms with E-state index in [1.807, 2.05) is 43.3 Å². The summed E-state index contributed by atoms with van der Waals surface area (Å²) >= 11 is 12.2. The number of hydrogen-bond acceptors (Lipinski definition) is 5. The molecule has 3 aromatic rings. The Morgan fingerprint density at radius 1 is 0.870 bits per heavy atom. The summed E-state index contributed by atoms with van der Waals surface area (Å²) < 4.78 is 0. The fourth-order valence-electron chi connectivity index (χ4n) is 1.98. The quantitative estimate of drug-likeness (QED) is 0.698. The van der Waals surface area contributed by atoms with Gasteiger partial charge in [-0.15, -0.1) is 5.10 Å². The van der Waals surface area contributed by atoms with Crippen LogP contribution in [0.3, 0.4) is 0 Å². The lowest BCUT2D eigenvalue weighted by Gasteiger charge is -2.11. The van der Waals surface area contributed by atoms with Crippen LogP contribution in [0.25, 0.3) is 0 Å². The van der Waals surface area contributed by atoms with E-state index < -0.39 is 0 Å². The lowest BCUT2D eigenvalue weighted by molar-refractivity contribution is 0.982. The van der Waals surface area contributed by atoms with E-state index in [2.05, 4.69) is 25.8 Å². The molecular weight excluding hydrogens is 333 g/mol. The molecule has 23 heavy (non-hydrogen) atoms. The summed E-state index contributed by atoms with van der Waals surface area (Å²) in [6.07, 6.45) is 1.54.